The van der Waals surface area contributed by atoms with Gasteiger partial charge in [0.15, 0.2) is 5.82 Å². The highest BCUT2D eigenvalue weighted by Crippen LogP contribution is 2.55. The minimum atomic E-state index is -0.454. The lowest BCUT2D eigenvalue weighted by molar-refractivity contribution is 0.270. The average molecular weight is 181 g/mol. The first-order valence-corrected chi connectivity index (χ1v) is 4.55. The van der Waals surface area contributed by atoms with Crippen molar-refractivity contribution in [1.29, 1.82) is 0 Å². The van der Waals surface area contributed by atoms with Crippen LogP contribution in [-0.4, -0.2) is 10.1 Å². The quantitative estimate of drug-likeness (QED) is 0.748. The molecule has 4 heteroatoms. The van der Waals surface area contributed by atoms with Crippen molar-refractivity contribution in [1.82, 2.24) is 10.1 Å². The molecule has 0 aliphatic heterocycles. The van der Waals surface area contributed by atoms with Gasteiger partial charge in [0.2, 0.25) is 5.89 Å². The molecule has 1 unspecified atom stereocenters. The third-order valence-corrected chi connectivity index (χ3v) is 3.25. The number of nitrogens with zero attached hydrogens (tertiary/aromatic N) is 2. The van der Waals surface area contributed by atoms with E-state index in [0.717, 1.165) is 12.8 Å². The fraction of sp³-hybridized carbons (Fsp3) is 0.778. The first-order chi connectivity index (χ1) is 5.96. The lowest BCUT2D eigenvalue weighted by Gasteiger charge is -2.27. The van der Waals surface area contributed by atoms with Crippen molar-refractivity contribution in [3.05, 3.63) is 11.7 Å². The monoisotopic (exact) mass is 181 g/mol. The van der Waals surface area contributed by atoms with Gasteiger partial charge in [0.25, 0.3) is 0 Å². The van der Waals surface area contributed by atoms with E-state index in [9.17, 15) is 0 Å². The Morgan fingerprint density at radius 1 is 1.54 bits per heavy atom. The Kier molecular flexibility index (Phi) is 1.55. The molecule has 0 bridgehead atoms. The van der Waals surface area contributed by atoms with Crippen LogP contribution in [0.4, 0.5) is 0 Å². The predicted molar refractivity (Wildman–Crippen MR) is 47.9 cm³/mol. The highest BCUT2D eigenvalue weighted by atomic mass is 16.5. The largest absolute Gasteiger partial charge is 0.340 e. The number of rotatable bonds is 2. The average Bonchev–Trinajstić information content (AvgIpc) is 2.63. The first kappa shape index (κ1) is 8.69. The normalized spacial score (nSPS) is 24.0. The SMILES string of the molecule is Cc1nc(C(C)(N)C2(C)CC2)no1. The van der Waals surface area contributed by atoms with Crippen molar-refractivity contribution in [3.63, 3.8) is 0 Å². The van der Waals surface area contributed by atoms with Crippen molar-refractivity contribution >= 4 is 0 Å². The van der Waals surface area contributed by atoms with Gasteiger partial charge in [0.05, 0.1) is 5.54 Å². The summed E-state index contributed by atoms with van der Waals surface area (Å²) in [5.74, 6) is 1.21. The topological polar surface area (TPSA) is 64.9 Å². The molecule has 4 nitrogen and oxygen atoms in total. The van der Waals surface area contributed by atoms with Gasteiger partial charge in [-0.3, -0.25) is 0 Å². The molecule has 2 rings (SSSR count). The van der Waals surface area contributed by atoms with E-state index in [4.69, 9.17) is 10.3 Å². The molecule has 0 radical (unpaired) electrons. The van der Waals surface area contributed by atoms with Gasteiger partial charge in [-0.05, 0) is 25.2 Å². The van der Waals surface area contributed by atoms with E-state index >= 15 is 0 Å². The molecule has 1 fully saturated rings. The molecule has 1 aliphatic carbocycles. The third kappa shape index (κ3) is 1.16. The van der Waals surface area contributed by atoms with Gasteiger partial charge in [-0.1, -0.05) is 12.1 Å². The Labute approximate surface area is 77.5 Å². The fourth-order valence-corrected chi connectivity index (χ4v) is 1.49. The van der Waals surface area contributed by atoms with Crippen LogP contribution in [0.15, 0.2) is 4.52 Å². The van der Waals surface area contributed by atoms with Crippen LogP contribution in [0.5, 0.6) is 0 Å². The summed E-state index contributed by atoms with van der Waals surface area (Å²) in [6, 6.07) is 0. The van der Waals surface area contributed by atoms with Gasteiger partial charge in [0.1, 0.15) is 0 Å². The smallest absolute Gasteiger partial charge is 0.223 e. The second kappa shape index (κ2) is 2.32. The molecule has 0 spiro atoms. The van der Waals surface area contributed by atoms with Crippen LogP contribution in [0.1, 0.15) is 38.4 Å². The van der Waals surface area contributed by atoms with E-state index in [-0.39, 0.29) is 5.41 Å². The lowest BCUT2D eigenvalue weighted by Crippen LogP contribution is -2.42. The molecule has 1 aromatic rings. The maximum absolute atomic E-state index is 6.21. The third-order valence-electron chi connectivity index (χ3n) is 3.25. The summed E-state index contributed by atoms with van der Waals surface area (Å²) >= 11 is 0. The predicted octanol–water partition coefficient (Wildman–Crippen LogP) is 1.35. The van der Waals surface area contributed by atoms with Gasteiger partial charge < -0.3 is 10.3 Å². The van der Waals surface area contributed by atoms with Crippen LogP contribution in [0, 0.1) is 12.3 Å². The molecule has 13 heavy (non-hydrogen) atoms. The first-order valence-electron chi connectivity index (χ1n) is 4.55. The maximum atomic E-state index is 6.21. The van der Waals surface area contributed by atoms with Crippen molar-refractivity contribution in [2.24, 2.45) is 11.1 Å². The van der Waals surface area contributed by atoms with E-state index < -0.39 is 5.54 Å². The minimum Gasteiger partial charge on any atom is -0.340 e. The van der Waals surface area contributed by atoms with Crippen LogP contribution in [0.2, 0.25) is 0 Å². The summed E-state index contributed by atoms with van der Waals surface area (Å²) in [4.78, 5) is 4.19. The molecule has 0 saturated heterocycles. The second-order valence-corrected chi connectivity index (χ2v) is 4.40. The fourth-order valence-electron chi connectivity index (χ4n) is 1.49. The van der Waals surface area contributed by atoms with Crippen LogP contribution in [0.3, 0.4) is 0 Å². The van der Waals surface area contributed by atoms with E-state index in [1.54, 1.807) is 6.92 Å². The Morgan fingerprint density at radius 3 is 2.54 bits per heavy atom. The molecule has 72 valence electrons. The summed E-state index contributed by atoms with van der Waals surface area (Å²) in [6.07, 6.45) is 2.29. The zero-order valence-electron chi connectivity index (χ0n) is 8.29. The Bertz CT molecular complexity index is 325. The number of hydrogen-bond donors (Lipinski definition) is 1. The van der Waals surface area contributed by atoms with Crippen LogP contribution < -0.4 is 5.73 Å². The maximum Gasteiger partial charge on any atom is 0.223 e. The molecular formula is C9H15N3O. The molecule has 0 amide bonds. The molecule has 1 aromatic heterocycles. The second-order valence-electron chi connectivity index (χ2n) is 4.40. The summed E-state index contributed by atoms with van der Waals surface area (Å²) < 4.78 is 4.93. The van der Waals surface area contributed by atoms with E-state index in [1.807, 2.05) is 6.92 Å². The standard InChI is InChI=1S/C9H15N3O/c1-6-11-7(12-13-6)9(3,10)8(2)4-5-8/h4-5,10H2,1-3H3. The molecule has 1 aliphatic rings. The highest BCUT2D eigenvalue weighted by Gasteiger charge is 2.54. The lowest BCUT2D eigenvalue weighted by atomic mass is 9.84. The summed E-state index contributed by atoms with van der Waals surface area (Å²) in [6.45, 7) is 5.92. The number of nitrogens with two attached hydrogens (primary N) is 1. The van der Waals surface area contributed by atoms with E-state index in [0.29, 0.717) is 11.7 Å². The van der Waals surface area contributed by atoms with E-state index in [1.165, 1.54) is 0 Å². The van der Waals surface area contributed by atoms with Crippen molar-refractivity contribution in [2.75, 3.05) is 0 Å². The van der Waals surface area contributed by atoms with Gasteiger partial charge >= 0.3 is 0 Å². The van der Waals surface area contributed by atoms with Gasteiger partial charge in [0, 0.05) is 6.92 Å². The number of aromatic nitrogens is 2. The highest BCUT2D eigenvalue weighted by molar-refractivity contribution is 5.15. The summed E-state index contributed by atoms with van der Waals surface area (Å²) in [5, 5.41) is 3.88. The molecular weight excluding hydrogens is 166 g/mol. The Hall–Kier alpha value is -0.900. The zero-order valence-corrected chi connectivity index (χ0v) is 8.29. The van der Waals surface area contributed by atoms with Crippen molar-refractivity contribution < 1.29 is 4.52 Å². The molecule has 1 atom stereocenters. The number of hydrogen-bond acceptors (Lipinski definition) is 4. The van der Waals surface area contributed by atoms with E-state index in [2.05, 4.69) is 17.1 Å². The summed E-state index contributed by atoms with van der Waals surface area (Å²) in [5.41, 5.74) is 5.91. The molecule has 1 heterocycles. The van der Waals surface area contributed by atoms with Crippen LogP contribution in [-0.2, 0) is 5.54 Å². The van der Waals surface area contributed by atoms with Gasteiger partial charge in [-0.15, -0.1) is 0 Å². The molecule has 0 aromatic carbocycles. The Morgan fingerprint density at radius 2 is 2.15 bits per heavy atom. The van der Waals surface area contributed by atoms with Crippen molar-refractivity contribution in [2.45, 2.75) is 39.2 Å². The zero-order chi connectivity index (χ0) is 9.69. The molecule has 1 saturated carbocycles. The van der Waals surface area contributed by atoms with Gasteiger partial charge in [-0.25, -0.2) is 0 Å². The van der Waals surface area contributed by atoms with Gasteiger partial charge in [-0.2, -0.15) is 4.98 Å². The van der Waals surface area contributed by atoms with Crippen LogP contribution >= 0.6 is 0 Å². The Balaban J connectivity index is 2.34. The molecule has 2 N–H and O–H groups in total. The van der Waals surface area contributed by atoms with Crippen LogP contribution in [0.25, 0.3) is 0 Å². The minimum absolute atomic E-state index is 0.156. The number of aryl methyl sites for hydroxylation is 1. The summed E-state index contributed by atoms with van der Waals surface area (Å²) in [7, 11) is 0. The van der Waals surface area contributed by atoms with Crippen molar-refractivity contribution in [3.8, 4) is 0 Å².